The van der Waals surface area contributed by atoms with Gasteiger partial charge in [-0.2, -0.15) is 0 Å². The van der Waals surface area contributed by atoms with Crippen LogP contribution in [-0.4, -0.2) is 66.6 Å². The Balaban J connectivity index is 2.25. The number of morpholine rings is 1. The van der Waals surface area contributed by atoms with Crippen LogP contribution in [0.2, 0.25) is 0 Å². The summed E-state index contributed by atoms with van der Waals surface area (Å²) in [6.07, 6.45) is -0.297. The quantitative estimate of drug-likeness (QED) is 0.459. The van der Waals surface area contributed by atoms with Crippen LogP contribution in [0.5, 0.6) is 17.2 Å². The van der Waals surface area contributed by atoms with Crippen LogP contribution in [0.15, 0.2) is 12.1 Å². The molecule has 0 N–H and O–H groups in total. The third-order valence-electron chi connectivity index (χ3n) is 4.11. The fourth-order valence-electron chi connectivity index (χ4n) is 3.08. The van der Waals surface area contributed by atoms with Gasteiger partial charge in [0.25, 0.3) is 5.91 Å². The van der Waals surface area contributed by atoms with Crippen LogP contribution in [0.25, 0.3) is 0 Å². The highest BCUT2D eigenvalue weighted by Gasteiger charge is 2.27. The fraction of sp³-hybridized carbons (Fsp3) is 0.476. The monoisotopic (exact) mass is 451 g/mol. The lowest BCUT2D eigenvalue weighted by molar-refractivity contribution is -0.146. The van der Waals surface area contributed by atoms with Gasteiger partial charge in [0, 0.05) is 33.9 Å². The second-order valence-corrected chi connectivity index (χ2v) is 7.21. The lowest BCUT2D eigenvalue weighted by atomic mass is 10.2. The summed E-state index contributed by atoms with van der Waals surface area (Å²) in [6, 6.07) is 2.16. The molecule has 1 heterocycles. The topological polar surface area (TPSA) is 135 Å². The highest BCUT2D eigenvalue weighted by Crippen LogP contribution is 2.39. The van der Waals surface area contributed by atoms with Crippen LogP contribution in [0, 0.1) is 0 Å². The Hall–Kier alpha value is -3.47. The van der Waals surface area contributed by atoms with Crippen molar-refractivity contribution in [3.05, 3.63) is 17.7 Å². The fourth-order valence-corrected chi connectivity index (χ4v) is 3.08. The Morgan fingerprint density at radius 3 is 1.78 bits per heavy atom. The average Bonchev–Trinajstić information content (AvgIpc) is 2.66. The lowest BCUT2D eigenvalue weighted by Crippen LogP contribution is -2.49. The predicted octanol–water partition coefficient (Wildman–Crippen LogP) is 1.26. The molecular formula is C21H25NO10. The molecule has 1 aliphatic heterocycles. The van der Waals surface area contributed by atoms with Crippen molar-refractivity contribution in [2.24, 2.45) is 0 Å². The summed E-state index contributed by atoms with van der Waals surface area (Å²) in [5, 5.41) is 0. The van der Waals surface area contributed by atoms with Gasteiger partial charge in [-0.15, -0.1) is 0 Å². The first kappa shape index (κ1) is 24.8. The molecule has 0 bridgehead atoms. The van der Waals surface area contributed by atoms with Crippen molar-refractivity contribution in [3.8, 4) is 17.2 Å². The van der Waals surface area contributed by atoms with Crippen molar-refractivity contribution in [2.45, 2.75) is 46.8 Å². The van der Waals surface area contributed by atoms with Gasteiger partial charge in [-0.25, -0.2) is 4.79 Å². The van der Waals surface area contributed by atoms with Gasteiger partial charge < -0.3 is 28.6 Å². The molecule has 1 fully saturated rings. The van der Waals surface area contributed by atoms with Crippen LogP contribution in [-0.2, 0) is 28.7 Å². The maximum absolute atomic E-state index is 12.6. The van der Waals surface area contributed by atoms with E-state index >= 15 is 0 Å². The number of nitrogens with zero attached hydrogens (tertiary/aromatic N) is 1. The molecule has 0 aromatic heterocycles. The number of esters is 4. The number of hydrogen-bond donors (Lipinski definition) is 0. The largest absolute Gasteiger partial charge is 0.452 e. The molecule has 1 amide bonds. The van der Waals surface area contributed by atoms with Crippen molar-refractivity contribution >= 4 is 29.8 Å². The molecule has 2 atom stereocenters. The van der Waals surface area contributed by atoms with Gasteiger partial charge in [0.1, 0.15) is 0 Å². The van der Waals surface area contributed by atoms with Crippen molar-refractivity contribution in [1.29, 1.82) is 0 Å². The average molecular weight is 451 g/mol. The van der Waals surface area contributed by atoms with E-state index in [0.29, 0.717) is 13.1 Å². The SMILES string of the molecule is CC(=O)Oc1cc(C(=O)OCC(=O)N2CC(C)OC(C)C2)cc(OC(C)=O)c1OC(C)=O. The first-order chi connectivity index (χ1) is 15.0. The minimum Gasteiger partial charge on any atom is -0.452 e. The Kier molecular flexibility index (Phi) is 8.30. The van der Waals surface area contributed by atoms with E-state index in [2.05, 4.69) is 0 Å². The Morgan fingerprint density at radius 2 is 1.34 bits per heavy atom. The molecular weight excluding hydrogens is 426 g/mol. The molecule has 32 heavy (non-hydrogen) atoms. The molecule has 1 saturated heterocycles. The van der Waals surface area contributed by atoms with E-state index in [9.17, 15) is 24.0 Å². The van der Waals surface area contributed by atoms with E-state index in [0.717, 1.165) is 32.9 Å². The van der Waals surface area contributed by atoms with Crippen LogP contribution >= 0.6 is 0 Å². The van der Waals surface area contributed by atoms with Crippen molar-refractivity contribution in [1.82, 2.24) is 4.90 Å². The minimum atomic E-state index is -0.941. The van der Waals surface area contributed by atoms with Gasteiger partial charge in [-0.1, -0.05) is 0 Å². The summed E-state index contributed by atoms with van der Waals surface area (Å²) in [5.74, 6) is -4.69. The molecule has 1 aromatic carbocycles. The van der Waals surface area contributed by atoms with Crippen LogP contribution < -0.4 is 14.2 Å². The van der Waals surface area contributed by atoms with Gasteiger partial charge in [0.15, 0.2) is 18.1 Å². The Labute approximate surface area is 184 Å². The van der Waals surface area contributed by atoms with Gasteiger partial charge in [0.2, 0.25) is 5.75 Å². The second-order valence-electron chi connectivity index (χ2n) is 7.21. The molecule has 1 aromatic rings. The zero-order valence-electron chi connectivity index (χ0n) is 18.5. The van der Waals surface area contributed by atoms with Crippen LogP contribution in [0.3, 0.4) is 0 Å². The van der Waals surface area contributed by atoms with Gasteiger partial charge in [-0.05, 0) is 26.0 Å². The zero-order valence-corrected chi connectivity index (χ0v) is 18.5. The van der Waals surface area contributed by atoms with E-state index < -0.39 is 36.4 Å². The molecule has 0 radical (unpaired) electrons. The number of carbonyl (C=O) groups excluding carboxylic acids is 5. The third kappa shape index (κ3) is 7.05. The third-order valence-corrected chi connectivity index (χ3v) is 4.11. The lowest BCUT2D eigenvalue weighted by Gasteiger charge is -2.35. The summed E-state index contributed by atoms with van der Waals surface area (Å²) in [5.41, 5.74) is -0.190. The number of benzene rings is 1. The van der Waals surface area contributed by atoms with E-state index in [1.165, 1.54) is 4.90 Å². The van der Waals surface area contributed by atoms with Gasteiger partial charge in [-0.3, -0.25) is 19.2 Å². The number of ether oxygens (including phenoxy) is 5. The van der Waals surface area contributed by atoms with Crippen LogP contribution in [0.4, 0.5) is 0 Å². The molecule has 2 rings (SSSR count). The van der Waals surface area contributed by atoms with Crippen molar-refractivity contribution in [3.63, 3.8) is 0 Å². The molecule has 0 spiro atoms. The van der Waals surface area contributed by atoms with Crippen molar-refractivity contribution < 1.29 is 47.7 Å². The Morgan fingerprint density at radius 1 is 0.875 bits per heavy atom. The molecule has 2 unspecified atom stereocenters. The number of hydrogen-bond acceptors (Lipinski definition) is 10. The second kappa shape index (κ2) is 10.7. The van der Waals surface area contributed by atoms with Gasteiger partial charge >= 0.3 is 23.9 Å². The first-order valence-corrected chi connectivity index (χ1v) is 9.80. The van der Waals surface area contributed by atoms with E-state index in [-0.39, 0.29) is 35.0 Å². The van der Waals surface area contributed by atoms with E-state index in [1.807, 2.05) is 13.8 Å². The maximum atomic E-state index is 12.6. The summed E-state index contributed by atoms with van der Waals surface area (Å²) >= 11 is 0. The normalized spacial score (nSPS) is 17.8. The number of rotatable bonds is 6. The van der Waals surface area contributed by atoms with E-state index in [1.54, 1.807) is 0 Å². The molecule has 11 nitrogen and oxygen atoms in total. The summed E-state index contributed by atoms with van der Waals surface area (Å²) in [7, 11) is 0. The number of carbonyl (C=O) groups is 5. The summed E-state index contributed by atoms with van der Waals surface area (Å²) in [6.45, 7) is 7.15. The standard InChI is InChI=1S/C21H25NO10/c1-11-8-22(9-12(2)29-11)19(26)10-28-21(27)16-6-17(30-13(3)23)20(32-15(5)25)18(7-16)31-14(4)24/h6-7,11-12H,8-10H2,1-5H3. The van der Waals surface area contributed by atoms with Crippen LogP contribution in [0.1, 0.15) is 45.0 Å². The van der Waals surface area contributed by atoms with Crippen molar-refractivity contribution in [2.75, 3.05) is 19.7 Å². The zero-order chi connectivity index (χ0) is 24.0. The first-order valence-electron chi connectivity index (χ1n) is 9.80. The minimum absolute atomic E-state index is 0.148. The summed E-state index contributed by atoms with van der Waals surface area (Å²) < 4.78 is 25.7. The molecule has 0 aliphatic carbocycles. The van der Waals surface area contributed by atoms with Gasteiger partial charge in [0.05, 0.1) is 17.8 Å². The van der Waals surface area contributed by atoms with E-state index in [4.69, 9.17) is 23.7 Å². The highest BCUT2D eigenvalue weighted by atomic mass is 16.6. The highest BCUT2D eigenvalue weighted by molar-refractivity contribution is 5.93. The molecule has 174 valence electrons. The summed E-state index contributed by atoms with van der Waals surface area (Å²) in [4.78, 5) is 60.9. The Bertz CT molecular complexity index is 878. The maximum Gasteiger partial charge on any atom is 0.338 e. The molecule has 1 aliphatic rings. The molecule has 11 heteroatoms. The predicted molar refractivity (Wildman–Crippen MR) is 107 cm³/mol. The number of amides is 1. The smallest absolute Gasteiger partial charge is 0.338 e. The molecule has 0 saturated carbocycles.